The Morgan fingerprint density at radius 3 is 2.12 bits per heavy atom. The SMILES string of the molecule is Oc1cc(Cl)c(OCCCCCOc2ccc(C(F)(F)F)cn2)c(Cl)c1. The van der Waals surface area contributed by atoms with Crippen LogP contribution in [0.25, 0.3) is 0 Å². The van der Waals surface area contributed by atoms with Gasteiger partial charge >= 0.3 is 6.18 Å². The molecule has 9 heteroatoms. The lowest BCUT2D eigenvalue weighted by molar-refractivity contribution is -0.137. The van der Waals surface area contributed by atoms with Crippen LogP contribution in [-0.2, 0) is 6.18 Å². The number of hydrogen-bond donors (Lipinski definition) is 1. The van der Waals surface area contributed by atoms with Gasteiger partial charge in [-0.1, -0.05) is 23.2 Å². The third kappa shape index (κ3) is 6.14. The zero-order valence-electron chi connectivity index (χ0n) is 13.5. The molecule has 0 saturated heterocycles. The van der Waals surface area contributed by atoms with Crippen LogP contribution in [0.5, 0.6) is 17.4 Å². The van der Waals surface area contributed by atoms with E-state index in [-0.39, 0.29) is 21.7 Å². The van der Waals surface area contributed by atoms with Crippen molar-refractivity contribution < 1.29 is 27.8 Å². The monoisotopic (exact) mass is 409 g/mol. The smallest absolute Gasteiger partial charge is 0.417 e. The highest BCUT2D eigenvalue weighted by Crippen LogP contribution is 2.36. The molecule has 2 rings (SSSR count). The first-order valence-corrected chi connectivity index (χ1v) is 8.50. The molecule has 1 heterocycles. The fourth-order valence-electron chi connectivity index (χ4n) is 2.05. The van der Waals surface area contributed by atoms with Gasteiger partial charge in [-0.05, 0) is 25.3 Å². The molecular weight excluding hydrogens is 394 g/mol. The Balaban J connectivity index is 1.64. The number of benzene rings is 1. The van der Waals surface area contributed by atoms with E-state index in [0.717, 1.165) is 18.7 Å². The predicted octanol–water partition coefficient (Wildman–Crippen LogP) is 5.74. The summed E-state index contributed by atoms with van der Waals surface area (Å²) in [6, 6.07) is 4.81. The molecule has 0 aliphatic carbocycles. The summed E-state index contributed by atoms with van der Waals surface area (Å²) >= 11 is 11.9. The van der Waals surface area contributed by atoms with Gasteiger partial charge in [-0.15, -0.1) is 0 Å². The lowest BCUT2D eigenvalue weighted by Gasteiger charge is -2.10. The highest BCUT2D eigenvalue weighted by molar-refractivity contribution is 6.37. The van der Waals surface area contributed by atoms with E-state index in [1.54, 1.807) is 0 Å². The molecule has 26 heavy (non-hydrogen) atoms. The number of nitrogens with zero attached hydrogens (tertiary/aromatic N) is 1. The number of phenols is 1. The maximum absolute atomic E-state index is 12.4. The van der Waals surface area contributed by atoms with Crippen LogP contribution >= 0.6 is 23.2 Å². The minimum Gasteiger partial charge on any atom is -0.508 e. The van der Waals surface area contributed by atoms with Gasteiger partial charge in [0.05, 0.1) is 28.8 Å². The number of hydrogen-bond acceptors (Lipinski definition) is 4. The average molecular weight is 410 g/mol. The van der Waals surface area contributed by atoms with Crippen molar-refractivity contribution in [1.82, 2.24) is 4.98 Å². The summed E-state index contributed by atoms with van der Waals surface area (Å²) < 4.78 is 48.0. The summed E-state index contributed by atoms with van der Waals surface area (Å²) in [6.45, 7) is 0.710. The normalized spacial score (nSPS) is 11.4. The fraction of sp³-hybridized carbons (Fsp3) is 0.353. The molecule has 1 aromatic carbocycles. The van der Waals surface area contributed by atoms with Crippen LogP contribution in [0.15, 0.2) is 30.5 Å². The van der Waals surface area contributed by atoms with E-state index in [4.69, 9.17) is 32.7 Å². The summed E-state index contributed by atoms with van der Waals surface area (Å²) in [5.41, 5.74) is -0.812. The second-order valence-corrected chi connectivity index (χ2v) is 6.19. The van der Waals surface area contributed by atoms with Crippen molar-refractivity contribution in [1.29, 1.82) is 0 Å². The summed E-state index contributed by atoms with van der Waals surface area (Å²) in [5.74, 6) is 0.426. The Morgan fingerprint density at radius 2 is 1.58 bits per heavy atom. The predicted molar refractivity (Wildman–Crippen MR) is 92.2 cm³/mol. The Hall–Kier alpha value is -1.86. The Labute approximate surface area is 158 Å². The molecule has 0 unspecified atom stereocenters. The topological polar surface area (TPSA) is 51.6 Å². The number of unbranched alkanes of at least 4 members (excludes halogenated alkanes) is 2. The first-order valence-electron chi connectivity index (χ1n) is 7.74. The maximum Gasteiger partial charge on any atom is 0.417 e. The van der Waals surface area contributed by atoms with Gasteiger partial charge in [-0.3, -0.25) is 0 Å². The summed E-state index contributed by atoms with van der Waals surface area (Å²) in [6.07, 6.45) is -1.50. The van der Waals surface area contributed by atoms with Gasteiger partial charge in [0.1, 0.15) is 5.75 Å². The molecular formula is C17H16Cl2F3NO3. The van der Waals surface area contributed by atoms with Crippen LogP contribution in [-0.4, -0.2) is 23.3 Å². The molecule has 142 valence electrons. The lowest BCUT2D eigenvalue weighted by atomic mass is 10.2. The quantitative estimate of drug-likeness (QED) is 0.564. The number of halogens is 5. The zero-order valence-corrected chi connectivity index (χ0v) is 15.0. The van der Waals surface area contributed by atoms with Crippen LogP contribution in [0.3, 0.4) is 0 Å². The molecule has 0 radical (unpaired) electrons. The van der Waals surface area contributed by atoms with Gasteiger partial charge in [-0.25, -0.2) is 4.98 Å². The third-order valence-electron chi connectivity index (χ3n) is 3.33. The number of aromatic hydroxyl groups is 1. The van der Waals surface area contributed by atoms with E-state index in [9.17, 15) is 18.3 Å². The van der Waals surface area contributed by atoms with E-state index in [0.29, 0.717) is 31.8 Å². The van der Waals surface area contributed by atoms with Gasteiger partial charge in [0, 0.05) is 24.4 Å². The summed E-state index contributed by atoms with van der Waals surface area (Å²) in [5, 5.41) is 9.79. The fourth-order valence-corrected chi connectivity index (χ4v) is 2.63. The zero-order chi connectivity index (χ0) is 19.2. The highest BCUT2D eigenvalue weighted by Gasteiger charge is 2.30. The van der Waals surface area contributed by atoms with Crippen LogP contribution < -0.4 is 9.47 Å². The average Bonchev–Trinajstić information content (AvgIpc) is 2.55. The van der Waals surface area contributed by atoms with E-state index in [2.05, 4.69) is 4.98 Å². The Bertz CT molecular complexity index is 701. The standard InChI is InChI=1S/C17H16Cl2F3NO3/c18-13-8-12(24)9-14(19)16(13)26-7-3-1-2-6-25-15-5-4-11(10-23-15)17(20,21)22/h4-5,8-10,24H,1-3,6-7H2. The van der Waals surface area contributed by atoms with E-state index >= 15 is 0 Å². The molecule has 0 atom stereocenters. The van der Waals surface area contributed by atoms with E-state index in [1.807, 2.05) is 0 Å². The number of pyridine rings is 1. The van der Waals surface area contributed by atoms with Crippen molar-refractivity contribution in [3.8, 4) is 17.4 Å². The minimum atomic E-state index is -4.41. The van der Waals surface area contributed by atoms with Crippen molar-refractivity contribution >= 4 is 23.2 Å². The van der Waals surface area contributed by atoms with Crippen molar-refractivity contribution in [2.45, 2.75) is 25.4 Å². The lowest BCUT2D eigenvalue weighted by Crippen LogP contribution is -2.06. The van der Waals surface area contributed by atoms with Gasteiger partial charge in [0.15, 0.2) is 5.75 Å². The maximum atomic E-state index is 12.4. The van der Waals surface area contributed by atoms with E-state index < -0.39 is 11.7 Å². The number of ether oxygens (including phenoxy) is 2. The number of phenolic OH excluding ortho intramolecular Hbond substituents is 1. The molecule has 0 saturated carbocycles. The van der Waals surface area contributed by atoms with Crippen LogP contribution in [0.4, 0.5) is 13.2 Å². The molecule has 1 aromatic heterocycles. The third-order valence-corrected chi connectivity index (χ3v) is 3.89. The van der Waals surface area contributed by atoms with Crippen molar-refractivity contribution in [2.24, 2.45) is 0 Å². The molecule has 0 fully saturated rings. The van der Waals surface area contributed by atoms with Gasteiger partial charge in [-0.2, -0.15) is 13.2 Å². The summed E-state index contributed by atoms with van der Waals surface area (Å²) in [4.78, 5) is 3.63. The summed E-state index contributed by atoms with van der Waals surface area (Å²) in [7, 11) is 0. The molecule has 0 aliphatic heterocycles. The van der Waals surface area contributed by atoms with Gasteiger partial charge in [0.2, 0.25) is 5.88 Å². The number of aromatic nitrogens is 1. The number of alkyl halides is 3. The molecule has 1 N–H and O–H groups in total. The molecule has 0 bridgehead atoms. The molecule has 0 amide bonds. The van der Waals surface area contributed by atoms with Crippen molar-refractivity contribution in [3.63, 3.8) is 0 Å². The highest BCUT2D eigenvalue weighted by atomic mass is 35.5. The van der Waals surface area contributed by atoms with Gasteiger partial charge in [0.25, 0.3) is 0 Å². The van der Waals surface area contributed by atoms with Crippen LogP contribution in [0, 0.1) is 0 Å². The first-order chi connectivity index (χ1) is 12.3. The first kappa shape index (κ1) is 20.5. The Kier molecular flexibility index (Phi) is 7.23. The minimum absolute atomic E-state index is 0.0404. The van der Waals surface area contributed by atoms with Crippen LogP contribution in [0.2, 0.25) is 10.0 Å². The Morgan fingerprint density at radius 1 is 0.962 bits per heavy atom. The van der Waals surface area contributed by atoms with Crippen molar-refractivity contribution in [3.05, 3.63) is 46.1 Å². The molecule has 0 spiro atoms. The van der Waals surface area contributed by atoms with Crippen LogP contribution in [0.1, 0.15) is 24.8 Å². The largest absolute Gasteiger partial charge is 0.508 e. The second-order valence-electron chi connectivity index (χ2n) is 5.38. The number of rotatable bonds is 8. The van der Waals surface area contributed by atoms with Gasteiger partial charge < -0.3 is 14.6 Å². The molecule has 2 aromatic rings. The second kappa shape index (κ2) is 9.19. The molecule has 0 aliphatic rings. The van der Waals surface area contributed by atoms with Crippen molar-refractivity contribution in [2.75, 3.05) is 13.2 Å². The molecule has 4 nitrogen and oxygen atoms in total. The van der Waals surface area contributed by atoms with E-state index in [1.165, 1.54) is 18.2 Å².